The van der Waals surface area contributed by atoms with Gasteiger partial charge in [-0.2, -0.15) is 18.4 Å². The molecule has 1 aliphatic heterocycles. The summed E-state index contributed by atoms with van der Waals surface area (Å²) < 4.78 is 42.7. The summed E-state index contributed by atoms with van der Waals surface area (Å²) in [6.45, 7) is 3.83. The molecule has 6 nitrogen and oxygen atoms in total. The Hall–Kier alpha value is -3.38. The van der Waals surface area contributed by atoms with Crippen molar-refractivity contribution in [2.24, 2.45) is 5.73 Å². The van der Waals surface area contributed by atoms with E-state index in [4.69, 9.17) is 5.73 Å². The van der Waals surface area contributed by atoms with E-state index in [0.717, 1.165) is 17.3 Å². The van der Waals surface area contributed by atoms with Crippen LogP contribution in [0.3, 0.4) is 0 Å². The van der Waals surface area contributed by atoms with E-state index >= 15 is 0 Å². The van der Waals surface area contributed by atoms with Crippen molar-refractivity contribution in [1.82, 2.24) is 14.5 Å². The van der Waals surface area contributed by atoms with E-state index in [9.17, 15) is 18.4 Å². The number of halogens is 3. The van der Waals surface area contributed by atoms with E-state index in [0.29, 0.717) is 18.8 Å². The normalized spacial score (nSPS) is 18.9. The van der Waals surface area contributed by atoms with Gasteiger partial charge in [0, 0.05) is 36.4 Å². The zero-order chi connectivity index (χ0) is 22.3. The van der Waals surface area contributed by atoms with E-state index in [1.807, 2.05) is 35.8 Å². The smallest absolute Gasteiger partial charge is 0.344 e. The third kappa shape index (κ3) is 3.75. The number of benzene rings is 1. The van der Waals surface area contributed by atoms with E-state index in [2.05, 4.69) is 9.97 Å². The standard InChI is InChI=1S/C22H21F3N6/c1-13-4-3-5-15(10-13)30-9-7-28-21(30)19-18(27)6-8-31(19)20-16(12-26)17(22(23,24)25)11-14(2)29-20/h3-5,7,9-11,18-19H,6,8,27H2,1-2H3. The number of alkyl halides is 3. The Morgan fingerprint density at radius 1 is 1.23 bits per heavy atom. The average Bonchev–Trinajstić information content (AvgIpc) is 3.32. The molecule has 3 heterocycles. The Morgan fingerprint density at radius 2 is 2.00 bits per heavy atom. The number of rotatable bonds is 3. The molecule has 4 rings (SSSR count). The summed E-state index contributed by atoms with van der Waals surface area (Å²) in [6, 6.07) is 9.52. The summed E-state index contributed by atoms with van der Waals surface area (Å²) in [5.74, 6) is 0.586. The lowest BCUT2D eigenvalue weighted by Gasteiger charge is -2.29. The van der Waals surface area contributed by atoms with Crippen LogP contribution in [0.2, 0.25) is 0 Å². The summed E-state index contributed by atoms with van der Waals surface area (Å²) in [6.07, 6.45) is -0.696. The van der Waals surface area contributed by atoms with Crippen molar-refractivity contribution in [2.75, 3.05) is 11.4 Å². The number of nitriles is 1. The Morgan fingerprint density at radius 3 is 2.68 bits per heavy atom. The molecule has 1 aliphatic rings. The van der Waals surface area contributed by atoms with Crippen LogP contribution < -0.4 is 10.6 Å². The molecule has 0 bridgehead atoms. The number of anilines is 1. The van der Waals surface area contributed by atoms with Gasteiger partial charge in [-0.05, 0) is 44.0 Å². The zero-order valence-corrected chi connectivity index (χ0v) is 17.1. The Bertz CT molecular complexity index is 1160. The van der Waals surface area contributed by atoms with E-state index < -0.39 is 23.3 Å². The predicted molar refractivity (Wildman–Crippen MR) is 110 cm³/mol. The fraction of sp³-hybridized carbons (Fsp3) is 0.318. The molecule has 1 saturated heterocycles. The summed E-state index contributed by atoms with van der Waals surface area (Å²) in [4.78, 5) is 10.5. The Labute approximate surface area is 177 Å². The molecule has 2 aromatic heterocycles. The van der Waals surface area contributed by atoms with E-state index in [1.54, 1.807) is 23.4 Å². The highest BCUT2D eigenvalue weighted by Gasteiger charge is 2.41. The fourth-order valence-electron chi connectivity index (χ4n) is 4.11. The van der Waals surface area contributed by atoms with Crippen LogP contribution in [0.5, 0.6) is 0 Å². The molecule has 0 spiro atoms. The van der Waals surface area contributed by atoms with Crippen LogP contribution in [0.4, 0.5) is 19.0 Å². The second-order valence-corrected chi connectivity index (χ2v) is 7.70. The molecule has 31 heavy (non-hydrogen) atoms. The van der Waals surface area contributed by atoms with Gasteiger partial charge in [0.25, 0.3) is 0 Å². The van der Waals surface area contributed by atoms with Gasteiger partial charge >= 0.3 is 6.18 Å². The van der Waals surface area contributed by atoms with Crippen LogP contribution in [0.25, 0.3) is 5.69 Å². The van der Waals surface area contributed by atoms with Gasteiger partial charge in [0.2, 0.25) is 0 Å². The molecule has 160 valence electrons. The van der Waals surface area contributed by atoms with Gasteiger partial charge in [0.05, 0.1) is 5.56 Å². The number of nitrogens with two attached hydrogens (primary N) is 1. The molecule has 0 aliphatic carbocycles. The number of aryl methyl sites for hydroxylation is 2. The minimum absolute atomic E-state index is 0.00781. The zero-order valence-electron chi connectivity index (χ0n) is 17.1. The van der Waals surface area contributed by atoms with Crippen molar-refractivity contribution in [3.63, 3.8) is 0 Å². The number of pyridine rings is 1. The molecule has 0 radical (unpaired) electrons. The van der Waals surface area contributed by atoms with Gasteiger partial charge in [0.15, 0.2) is 0 Å². The average molecular weight is 426 g/mol. The summed E-state index contributed by atoms with van der Waals surface area (Å²) in [7, 11) is 0. The maximum Gasteiger partial charge on any atom is 0.417 e. The van der Waals surface area contributed by atoms with Crippen LogP contribution in [0, 0.1) is 25.2 Å². The number of hydrogen-bond donors (Lipinski definition) is 1. The van der Waals surface area contributed by atoms with Crippen molar-refractivity contribution in [1.29, 1.82) is 5.26 Å². The highest BCUT2D eigenvalue weighted by molar-refractivity contribution is 5.61. The van der Waals surface area contributed by atoms with Crippen LogP contribution >= 0.6 is 0 Å². The van der Waals surface area contributed by atoms with Gasteiger partial charge in [-0.3, -0.25) is 0 Å². The SMILES string of the molecule is Cc1cccc(-n2ccnc2C2C(N)CCN2c2nc(C)cc(C(F)(F)F)c2C#N)c1. The van der Waals surface area contributed by atoms with Crippen molar-refractivity contribution >= 4 is 5.82 Å². The molecular formula is C22H21F3N6. The van der Waals surface area contributed by atoms with Crippen molar-refractivity contribution in [3.8, 4) is 11.8 Å². The van der Waals surface area contributed by atoms with Crippen molar-refractivity contribution in [2.45, 2.75) is 38.5 Å². The highest BCUT2D eigenvalue weighted by Crippen LogP contribution is 2.41. The second kappa shape index (κ2) is 7.71. The van der Waals surface area contributed by atoms with Gasteiger partial charge in [-0.1, -0.05) is 12.1 Å². The van der Waals surface area contributed by atoms with Gasteiger partial charge < -0.3 is 15.2 Å². The maximum atomic E-state index is 13.6. The first kappa shape index (κ1) is 20.9. The number of aromatic nitrogens is 3. The number of hydrogen-bond acceptors (Lipinski definition) is 5. The molecular weight excluding hydrogens is 405 g/mol. The van der Waals surface area contributed by atoms with Crippen LogP contribution in [-0.2, 0) is 6.18 Å². The molecule has 0 saturated carbocycles. The van der Waals surface area contributed by atoms with Crippen molar-refractivity contribution < 1.29 is 13.2 Å². The maximum absolute atomic E-state index is 13.6. The first-order chi connectivity index (χ1) is 14.7. The van der Waals surface area contributed by atoms with Gasteiger partial charge in [-0.15, -0.1) is 0 Å². The molecule has 1 fully saturated rings. The van der Waals surface area contributed by atoms with Gasteiger partial charge in [-0.25, -0.2) is 9.97 Å². The largest absolute Gasteiger partial charge is 0.417 e. The van der Waals surface area contributed by atoms with Crippen molar-refractivity contribution in [3.05, 3.63) is 70.9 Å². The molecule has 2 N–H and O–H groups in total. The Balaban J connectivity index is 1.86. The quantitative estimate of drug-likeness (QED) is 0.683. The molecule has 3 aromatic rings. The third-order valence-electron chi connectivity index (χ3n) is 5.48. The monoisotopic (exact) mass is 426 g/mol. The van der Waals surface area contributed by atoms with E-state index in [1.165, 1.54) is 6.92 Å². The molecule has 2 atom stereocenters. The first-order valence-corrected chi connectivity index (χ1v) is 9.82. The minimum Gasteiger partial charge on any atom is -0.344 e. The lowest BCUT2D eigenvalue weighted by atomic mass is 10.1. The second-order valence-electron chi connectivity index (χ2n) is 7.70. The molecule has 1 aromatic carbocycles. The Kier molecular flexibility index (Phi) is 5.19. The summed E-state index contributed by atoms with van der Waals surface area (Å²) >= 11 is 0. The molecule has 9 heteroatoms. The lowest BCUT2D eigenvalue weighted by Crippen LogP contribution is -2.35. The lowest BCUT2D eigenvalue weighted by molar-refractivity contribution is -0.137. The van der Waals surface area contributed by atoms with E-state index in [-0.39, 0.29) is 17.6 Å². The summed E-state index contributed by atoms with van der Waals surface area (Å²) in [5.41, 5.74) is 7.04. The first-order valence-electron chi connectivity index (χ1n) is 9.82. The van der Waals surface area contributed by atoms with Crippen LogP contribution in [-0.4, -0.2) is 27.1 Å². The fourth-order valence-corrected chi connectivity index (χ4v) is 4.11. The number of imidazole rings is 1. The van der Waals surface area contributed by atoms with Gasteiger partial charge in [0.1, 0.15) is 29.3 Å². The molecule has 2 unspecified atom stereocenters. The summed E-state index contributed by atoms with van der Waals surface area (Å²) in [5, 5.41) is 9.59. The number of nitrogens with zero attached hydrogens (tertiary/aromatic N) is 5. The van der Waals surface area contributed by atoms with Crippen LogP contribution in [0.1, 0.15) is 40.7 Å². The molecule has 0 amide bonds. The topological polar surface area (TPSA) is 83.8 Å². The minimum atomic E-state index is -4.66. The van der Waals surface area contributed by atoms with Crippen LogP contribution in [0.15, 0.2) is 42.7 Å². The third-order valence-corrected chi connectivity index (χ3v) is 5.48. The predicted octanol–water partition coefficient (Wildman–Crippen LogP) is 4.05. The highest BCUT2D eigenvalue weighted by atomic mass is 19.4.